The molecule has 0 radical (unpaired) electrons. The Balaban J connectivity index is 1.45. The topological polar surface area (TPSA) is 76.8 Å². The Morgan fingerprint density at radius 1 is 1.11 bits per heavy atom. The van der Waals surface area contributed by atoms with Crippen molar-refractivity contribution in [2.75, 3.05) is 27.4 Å². The summed E-state index contributed by atoms with van der Waals surface area (Å²) >= 11 is 0. The molecule has 1 aliphatic rings. The van der Waals surface area contributed by atoms with E-state index in [-0.39, 0.29) is 24.4 Å². The molecule has 0 spiro atoms. The fourth-order valence-electron chi connectivity index (χ4n) is 3.12. The van der Waals surface area contributed by atoms with Gasteiger partial charge in [0.2, 0.25) is 6.79 Å². The minimum Gasteiger partial charge on any atom is -0.454 e. The van der Waals surface area contributed by atoms with Crippen molar-refractivity contribution in [3.05, 3.63) is 65.9 Å². The van der Waals surface area contributed by atoms with Gasteiger partial charge in [0.25, 0.3) is 5.91 Å². The zero-order chi connectivity index (χ0) is 19.5. The van der Waals surface area contributed by atoms with Crippen molar-refractivity contribution in [3.8, 4) is 22.8 Å². The molecule has 4 rings (SSSR count). The van der Waals surface area contributed by atoms with E-state index in [1.54, 1.807) is 6.07 Å². The molecule has 28 heavy (non-hydrogen) atoms. The van der Waals surface area contributed by atoms with Gasteiger partial charge < -0.3 is 24.2 Å². The number of nitrogens with zero attached hydrogens (tertiary/aromatic N) is 2. The van der Waals surface area contributed by atoms with Crippen LogP contribution >= 0.6 is 0 Å². The highest BCUT2D eigenvalue weighted by atomic mass is 16.7. The molecule has 0 fully saturated rings. The molecule has 2 heterocycles. The summed E-state index contributed by atoms with van der Waals surface area (Å²) in [4.78, 5) is 14.6. The Labute approximate surface area is 162 Å². The molecule has 2 aromatic carbocycles. The quantitative estimate of drug-likeness (QED) is 0.709. The second kappa shape index (κ2) is 7.74. The number of hydrogen-bond acceptors (Lipinski definition) is 6. The Bertz CT molecular complexity index is 969. The highest BCUT2D eigenvalue weighted by molar-refractivity contribution is 5.93. The third-order valence-corrected chi connectivity index (χ3v) is 4.66. The van der Waals surface area contributed by atoms with Crippen LogP contribution < -0.4 is 14.8 Å². The Morgan fingerprint density at radius 2 is 1.89 bits per heavy atom. The molecular formula is C21H21N3O4. The van der Waals surface area contributed by atoms with E-state index < -0.39 is 0 Å². The molecule has 144 valence electrons. The summed E-state index contributed by atoms with van der Waals surface area (Å²) in [5.74, 6) is 1.74. The summed E-state index contributed by atoms with van der Waals surface area (Å²) in [6.07, 6.45) is 0. The molecule has 1 amide bonds. The molecule has 0 saturated heterocycles. The molecule has 7 heteroatoms. The minimum atomic E-state index is -0.279. The number of carbonyl (C=O) groups is 1. The number of fused-ring (bicyclic) bond motifs is 1. The third kappa shape index (κ3) is 3.70. The van der Waals surface area contributed by atoms with Gasteiger partial charge in [-0.05, 0) is 31.8 Å². The van der Waals surface area contributed by atoms with Gasteiger partial charge in [0.05, 0.1) is 6.04 Å². The maximum absolute atomic E-state index is 12.5. The van der Waals surface area contributed by atoms with Gasteiger partial charge in [-0.2, -0.15) is 0 Å². The lowest BCUT2D eigenvalue weighted by atomic mass is 10.1. The van der Waals surface area contributed by atoms with Gasteiger partial charge in [-0.3, -0.25) is 4.79 Å². The van der Waals surface area contributed by atoms with Crippen LogP contribution in [-0.2, 0) is 0 Å². The molecule has 0 aliphatic carbocycles. The number of carbonyl (C=O) groups excluding carboxylic acids is 1. The molecular weight excluding hydrogens is 358 g/mol. The highest BCUT2D eigenvalue weighted by Crippen LogP contribution is 2.35. The third-order valence-electron chi connectivity index (χ3n) is 4.66. The normalized spacial score (nSPS) is 13.5. The molecule has 0 bridgehead atoms. The molecule has 7 nitrogen and oxygen atoms in total. The SMILES string of the molecule is CN(C)C(CNC(=O)c1cc(-c2ccccc2)on1)c1ccc2c(c1)OCO2. The lowest BCUT2D eigenvalue weighted by Crippen LogP contribution is -2.34. The number of hydrogen-bond donors (Lipinski definition) is 1. The predicted molar refractivity (Wildman–Crippen MR) is 103 cm³/mol. The molecule has 0 saturated carbocycles. The summed E-state index contributed by atoms with van der Waals surface area (Å²) in [7, 11) is 3.93. The smallest absolute Gasteiger partial charge is 0.273 e. The number of benzene rings is 2. The van der Waals surface area contributed by atoms with Crippen LogP contribution in [0.5, 0.6) is 11.5 Å². The summed E-state index contributed by atoms with van der Waals surface area (Å²) in [5, 5.41) is 6.83. The van der Waals surface area contributed by atoms with Crippen molar-refractivity contribution in [2.45, 2.75) is 6.04 Å². The minimum absolute atomic E-state index is 0.0288. The number of likely N-dealkylation sites (N-methyl/N-ethyl adjacent to an activating group) is 1. The van der Waals surface area contributed by atoms with Gasteiger partial charge in [-0.25, -0.2) is 0 Å². The van der Waals surface area contributed by atoms with Crippen LogP contribution in [0, 0.1) is 0 Å². The van der Waals surface area contributed by atoms with E-state index in [0.717, 1.165) is 22.6 Å². The van der Waals surface area contributed by atoms with E-state index in [2.05, 4.69) is 10.5 Å². The number of aromatic nitrogens is 1. The first-order valence-corrected chi connectivity index (χ1v) is 8.98. The van der Waals surface area contributed by atoms with E-state index in [9.17, 15) is 4.79 Å². The first kappa shape index (κ1) is 18.1. The van der Waals surface area contributed by atoms with Crippen molar-refractivity contribution >= 4 is 5.91 Å². The van der Waals surface area contributed by atoms with Crippen LogP contribution in [0.15, 0.2) is 59.1 Å². The van der Waals surface area contributed by atoms with Gasteiger partial charge in [-0.1, -0.05) is 41.6 Å². The molecule has 1 N–H and O–H groups in total. The number of rotatable bonds is 6. The van der Waals surface area contributed by atoms with Crippen LogP contribution in [0.4, 0.5) is 0 Å². The van der Waals surface area contributed by atoms with Crippen LogP contribution in [0.2, 0.25) is 0 Å². The number of ether oxygens (including phenoxy) is 2. The maximum Gasteiger partial charge on any atom is 0.273 e. The first-order valence-electron chi connectivity index (χ1n) is 8.98. The monoisotopic (exact) mass is 379 g/mol. The van der Waals surface area contributed by atoms with Gasteiger partial charge >= 0.3 is 0 Å². The van der Waals surface area contributed by atoms with Gasteiger partial charge in [0.15, 0.2) is 23.0 Å². The first-order chi connectivity index (χ1) is 13.6. The second-order valence-electron chi connectivity index (χ2n) is 6.74. The second-order valence-corrected chi connectivity index (χ2v) is 6.74. The number of amides is 1. The molecule has 1 aromatic heterocycles. The van der Waals surface area contributed by atoms with Gasteiger partial charge in [-0.15, -0.1) is 0 Å². The Hall–Kier alpha value is -3.32. The molecule has 1 aliphatic heterocycles. The average molecular weight is 379 g/mol. The van der Waals surface area contributed by atoms with E-state index in [0.29, 0.717) is 12.3 Å². The van der Waals surface area contributed by atoms with Crippen LogP contribution in [0.25, 0.3) is 11.3 Å². The molecule has 1 atom stereocenters. The van der Waals surface area contributed by atoms with E-state index >= 15 is 0 Å². The van der Waals surface area contributed by atoms with Crippen molar-refractivity contribution in [2.24, 2.45) is 0 Å². The molecule has 1 unspecified atom stereocenters. The fourth-order valence-corrected chi connectivity index (χ4v) is 3.12. The van der Waals surface area contributed by atoms with E-state index in [1.807, 2.05) is 67.5 Å². The molecule has 3 aromatic rings. The van der Waals surface area contributed by atoms with Gasteiger partial charge in [0.1, 0.15) is 0 Å². The van der Waals surface area contributed by atoms with Crippen LogP contribution in [0.1, 0.15) is 22.1 Å². The van der Waals surface area contributed by atoms with Crippen molar-refractivity contribution in [3.63, 3.8) is 0 Å². The van der Waals surface area contributed by atoms with Crippen LogP contribution in [0.3, 0.4) is 0 Å². The fraction of sp³-hybridized carbons (Fsp3) is 0.238. The summed E-state index contributed by atoms with van der Waals surface area (Å²) in [6, 6.07) is 17.0. The van der Waals surface area contributed by atoms with Crippen molar-refractivity contribution in [1.82, 2.24) is 15.4 Å². The van der Waals surface area contributed by atoms with Crippen LogP contribution in [-0.4, -0.2) is 43.4 Å². The Kier molecular flexibility index (Phi) is 4.99. The van der Waals surface area contributed by atoms with E-state index in [1.165, 1.54) is 0 Å². The zero-order valence-electron chi connectivity index (χ0n) is 15.7. The standard InChI is InChI=1S/C21H21N3O4/c1-24(2)17(15-8-9-18-20(10-15)27-13-26-18)12-22-21(25)16-11-19(28-23-16)14-6-4-3-5-7-14/h3-11,17H,12-13H2,1-2H3,(H,22,25). The summed E-state index contributed by atoms with van der Waals surface area (Å²) < 4.78 is 16.1. The highest BCUT2D eigenvalue weighted by Gasteiger charge is 2.21. The lowest BCUT2D eigenvalue weighted by molar-refractivity contribution is 0.0933. The van der Waals surface area contributed by atoms with Crippen molar-refractivity contribution < 1.29 is 18.8 Å². The predicted octanol–water partition coefficient (Wildman–Crippen LogP) is 3.10. The summed E-state index contributed by atoms with van der Waals surface area (Å²) in [5.41, 5.74) is 2.15. The number of nitrogens with one attached hydrogen (secondary N) is 1. The lowest BCUT2D eigenvalue weighted by Gasteiger charge is -2.25. The summed E-state index contributed by atoms with van der Waals surface area (Å²) in [6.45, 7) is 0.650. The average Bonchev–Trinajstić information content (AvgIpc) is 3.38. The van der Waals surface area contributed by atoms with E-state index in [4.69, 9.17) is 14.0 Å². The largest absolute Gasteiger partial charge is 0.454 e. The maximum atomic E-state index is 12.5. The van der Waals surface area contributed by atoms with Crippen molar-refractivity contribution in [1.29, 1.82) is 0 Å². The Morgan fingerprint density at radius 3 is 2.68 bits per heavy atom. The van der Waals surface area contributed by atoms with Gasteiger partial charge in [0, 0.05) is 18.2 Å². The zero-order valence-corrected chi connectivity index (χ0v) is 15.7.